The molecule has 0 spiro atoms. The van der Waals surface area contributed by atoms with Gasteiger partial charge in [0.15, 0.2) is 5.69 Å². The minimum absolute atomic E-state index is 0.194. The van der Waals surface area contributed by atoms with E-state index in [-0.39, 0.29) is 11.7 Å². The van der Waals surface area contributed by atoms with Crippen molar-refractivity contribution < 1.29 is 4.79 Å². The lowest BCUT2D eigenvalue weighted by atomic mass is 10.1. The number of rotatable bonds is 3. The van der Waals surface area contributed by atoms with Gasteiger partial charge in [-0.3, -0.25) is 4.79 Å². The number of primary amides is 1. The Morgan fingerprint density at radius 2 is 2.26 bits per heavy atom. The molecule has 0 atom stereocenters. The van der Waals surface area contributed by atoms with Gasteiger partial charge in [-0.25, -0.2) is 9.67 Å². The number of nitrogens with two attached hydrogens (primary N) is 1. The molecule has 0 radical (unpaired) electrons. The summed E-state index contributed by atoms with van der Waals surface area (Å²) in [5.74, 6) is 0.358. The first-order valence-electron chi connectivity index (χ1n) is 5.71. The van der Waals surface area contributed by atoms with E-state index in [9.17, 15) is 4.79 Å². The fourth-order valence-electron chi connectivity index (χ4n) is 1.94. The Kier molecular flexibility index (Phi) is 2.94. The van der Waals surface area contributed by atoms with Gasteiger partial charge in [0.2, 0.25) is 0 Å². The number of amides is 1. The van der Waals surface area contributed by atoms with Crippen molar-refractivity contribution in [1.29, 1.82) is 0 Å². The van der Waals surface area contributed by atoms with Crippen LogP contribution in [0.3, 0.4) is 0 Å². The Balaban J connectivity index is 1.67. The molecule has 1 saturated heterocycles. The lowest BCUT2D eigenvalue weighted by molar-refractivity contribution is 0.0995. The number of aromatic nitrogens is 4. The largest absolute Gasteiger partial charge is 0.364 e. The maximum Gasteiger partial charge on any atom is 0.270 e. The Morgan fingerprint density at radius 1 is 1.47 bits per heavy atom. The molecule has 1 fully saturated rings. The summed E-state index contributed by atoms with van der Waals surface area (Å²) in [6.07, 6.45) is 3.34. The lowest BCUT2D eigenvalue weighted by Gasteiger charge is -2.39. The molecule has 1 aliphatic rings. The van der Waals surface area contributed by atoms with Gasteiger partial charge in [-0.05, 0) is 12.1 Å². The molecule has 0 unspecified atom stereocenters. The van der Waals surface area contributed by atoms with Crippen LogP contribution in [0.25, 0.3) is 0 Å². The van der Waals surface area contributed by atoms with Crippen LogP contribution < -0.4 is 10.6 Å². The van der Waals surface area contributed by atoms with Crippen LogP contribution >= 0.6 is 15.9 Å². The summed E-state index contributed by atoms with van der Waals surface area (Å²) in [5.41, 5.74) is 5.33. The highest BCUT2D eigenvalue weighted by atomic mass is 79.9. The van der Waals surface area contributed by atoms with Crippen LogP contribution in [0.1, 0.15) is 16.5 Å². The first-order chi connectivity index (χ1) is 9.13. The smallest absolute Gasteiger partial charge is 0.270 e. The Labute approximate surface area is 117 Å². The molecule has 1 aliphatic heterocycles. The molecule has 0 aromatic carbocycles. The van der Waals surface area contributed by atoms with Crippen molar-refractivity contribution in [3.8, 4) is 0 Å². The van der Waals surface area contributed by atoms with Crippen LogP contribution in [0.15, 0.2) is 29.0 Å². The van der Waals surface area contributed by atoms with Gasteiger partial charge in [0.1, 0.15) is 5.82 Å². The van der Waals surface area contributed by atoms with Gasteiger partial charge in [-0.1, -0.05) is 21.1 Å². The first-order valence-corrected chi connectivity index (χ1v) is 6.51. The molecule has 3 heterocycles. The predicted molar refractivity (Wildman–Crippen MR) is 71.7 cm³/mol. The Hall–Kier alpha value is -1.96. The summed E-state index contributed by atoms with van der Waals surface area (Å²) in [4.78, 5) is 17.4. The SMILES string of the molecule is NC(=O)c1cn(C2CN(c3cc(Br)ccn3)C2)nn1. The van der Waals surface area contributed by atoms with Gasteiger partial charge >= 0.3 is 0 Å². The van der Waals surface area contributed by atoms with Crippen LogP contribution in [0, 0.1) is 0 Å². The van der Waals surface area contributed by atoms with E-state index in [0.29, 0.717) is 0 Å². The molecule has 3 rings (SSSR count). The molecule has 1 amide bonds. The van der Waals surface area contributed by atoms with E-state index in [4.69, 9.17) is 5.73 Å². The number of hydrogen-bond donors (Lipinski definition) is 1. The quantitative estimate of drug-likeness (QED) is 0.893. The molecule has 7 nitrogen and oxygen atoms in total. The minimum Gasteiger partial charge on any atom is -0.364 e. The molecular weight excluding hydrogens is 312 g/mol. The van der Waals surface area contributed by atoms with Gasteiger partial charge in [0.05, 0.1) is 12.2 Å². The number of hydrogen-bond acceptors (Lipinski definition) is 5. The Bertz CT molecular complexity index is 621. The van der Waals surface area contributed by atoms with E-state index < -0.39 is 5.91 Å². The van der Waals surface area contributed by atoms with Crippen molar-refractivity contribution in [1.82, 2.24) is 20.0 Å². The highest BCUT2D eigenvalue weighted by Gasteiger charge is 2.30. The lowest BCUT2D eigenvalue weighted by Crippen LogP contribution is -2.48. The topological polar surface area (TPSA) is 89.9 Å². The molecule has 2 N–H and O–H groups in total. The molecule has 2 aromatic heterocycles. The van der Waals surface area contributed by atoms with E-state index in [1.54, 1.807) is 17.1 Å². The second kappa shape index (κ2) is 4.61. The van der Waals surface area contributed by atoms with Gasteiger partial charge in [0, 0.05) is 23.8 Å². The molecular formula is C11H11BrN6O. The van der Waals surface area contributed by atoms with Crippen molar-refractivity contribution >= 4 is 27.7 Å². The summed E-state index contributed by atoms with van der Waals surface area (Å²) < 4.78 is 2.67. The van der Waals surface area contributed by atoms with E-state index in [2.05, 4.69) is 36.1 Å². The second-order valence-corrected chi connectivity index (χ2v) is 5.25. The number of pyridine rings is 1. The molecule has 0 aliphatic carbocycles. The predicted octanol–water partition coefficient (Wildman–Crippen LogP) is 0.596. The number of halogens is 1. The van der Waals surface area contributed by atoms with Crippen molar-refractivity contribution in [2.45, 2.75) is 6.04 Å². The number of anilines is 1. The van der Waals surface area contributed by atoms with E-state index in [1.807, 2.05) is 12.1 Å². The third kappa shape index (κ3) is 2.30. The maximum atomic E-state index is 10.9. The summed E-state index contributed by atoms with van der Waals surface area (Å²) in [6, 6.07) is 4.05. The highest BCUT2D eigenvalue weighted by molar-refractivity contribution is 9.10. The highest BCUT2D eigenvalue weighted by Crippen LogP contribution is 2.27. The molecule has 0 saturated carbocycles. The van der Waals surface area contributed by atoms with Crippen LogP contribution in [0.2, 0.25) is 0 Å². The molecule has 0 bridgehead atoms. The summed E-state index contributed by atoms with van der Waals surface area (Å²) in [7, 11) is 0. The van der Waals surface area contributed by atoms with Gasteiger partial charge < -0.3 is 10.6 Å². The van der Waals surface area contributed by atoms with Crippen molar-refractivity contribution in [2.75, 3.05) is 18.0 Å². The van der Waals surface area contributed by atoms with Crippen molar-refractivity contribution in [3.63, 3.8) is 0 Å². The van der Waals surface area contributed by atoms with Gasteiger partial charge in [-0.2, -0.15) is 0 Å². The summed E-state index contributed by atoms with van der Waals surface area (Å²) in [6.45, 7) is 1.57. The average Bonchev–Trinajstić information content (AvgIpc) is 2.76. The van der Waals surface area contributed by atoms with Gasteiger partial charge in [0.25, 0.3) is 5.91 Å². The molecule has 19 heavy (non-hydrogen) atoms. The zero-order valence-corrected chi connectivity index (χ0v) is 11.5. The standard InChI is InChI=1S/C11H11BrN6O/c12-7-1-2-14-10(3-7)17-4-8(5-17)18-6-9(11(13)19)15-16-18/h1-3,6,8H,4-5H2,(H2,13,19). The maximum absolute atomic E-state index is 10.9. The number of nitrogens with zero attached hydrogens (tertiary/aromatic N) is 5. The van der Waals surface area contributed by atoms with Crippen LogP contribution in [0.5, 0.6) is 0 Å². The normalized spacial score (nSPS) is 15.3. The van der Waals surface area contributed by atoms with E-state index >= 15 is 0 Å². The number of carbonyl (C=O) groups is 1. The fourth-order valence-corrected chi connectivity index (χ4v) is 2.27. The summed E-state index contributed by atoms with van der Waals surface area (Å²) >= 11 is 3.42. The minimum atomic E-state index is -0.559. The monoisotopic (exact) mass is 322 g/mol. The number of carbonyl (C=O) groups excluding carboxylic acids is 1. The molecule has 8 heteroatoms. The third-order valence-corrected chi connectivity index (χ3v) is 3.52. The fraction of sp³-hybridized carbons (Fsp3) is 0.273. The average molecular weight is 323 g/mol. The Morgan fingerprint density at radius 3 is 2.89 bits per heavy atom. The zero-order chi connectivity index (χ0) is 13.4. The van der Waals surface area contributed by atoms with Crippen LogP contribution in [0.4, 0.5) is 5.82 Å². The van der Waals surface area contributed by atoms with Gasteiger partial charge in [-0.15, -0.1) is 5.10 Å². The molecule has 2 aromatic rings. The van der Waals surface area contributed by atoms with Crippen molar-refractivity contribution in [3.05, 3.63) is 34.7 Å². The third-order valence-electron chi connectivity index (χ3n) is 3.03. The van der Waals surface area contributed by atoms with Crippen LogP contribution in [-0.2, 0) is 0 Å². The van der Waals surface area contributed by atoms with E-state index in [1.165, 1.54) is 0 Å². The zero-order valence-electron chi connectivity index (χ0n) is 9.90. The van der Waals surface area contributed by atoms with Crippen LogP contribution in [-0.4, -0.2) is 39.0 Å². The summed E-state index contributed by atoms with van der Waals surface area (Å²) in [5, 5.41) is 7.64. The second-order valence-electron chi connectivity index (χ2n) is 4.34. The van der Waals surface area contributed by atoms with Crippen molar-refractivity contribution in [2.24, 2.45) is 5.73 Å². The van der Waals surface area contributed by atoms with E-state index in [0.717, 1.165) is 23.4 Å². The first kappa shape index (κ1) is 12.1. The molecule has 98 valence electrons.